The zero-order valence-electron chi connectivity index (χ0n) is 30.0. The van der Waals surface area contributed by atoms with Crippen LogP contribution in [0.2, 0.25) is 0 Å². The number of unbranched alkanes of at least 4 members (excludes halogenated alkanes) is 12. The molecular weight excluding hydrogens is 661 g/mol. The van der Waals surface area contributed by atoms with E-state index in [-0.39, 0.29) is 0 Å². The van der Waals surface area contributed by atoms with Crippen molar-refractivity contribution in [3.8, 4) is 41.4 Å². The molecule has 0 aliphatic carbocycles. The smallest absolute Gasteiger partial charge is 0.110 e. The highest BCUT2D eigenvalue weighted by atomic mass is 32.1. The van der Waals surface area contributed by atoms with Gasteiger partial charge in [0.2, 0.25) is 0 Å². The van der Waals surface area contributed by atoms with Gasteiger partial charge < -0.3 is 0 Å². The maximum atomic E-state index is 9.90. The highest BCUT2D eigenvalue weighted by Gasteiger charge is 2.22. The zero-order valence-corrected chi connectivity index (χ0v) is 33.2. The van der Waals surface area contributed by atoms with Gasteiger partial charge in [-0.2, -0.15) is 10.5 Å². The second kappa shape index (κ2) is 21.1. The molecule has 0 radical (unpaired) electrons. The molecule has 0 bridgehead atoms. The molecule has 4 aromatic heterocycles. The van der Waals surface area contributed by atoms with Gasteiger partial charge in [0, 0.05) is 29.3 Å². The molecule has 2 nitrogen and oxygen atoms in total. The summed E-state index contributed by atoms with van der Waals surface area (Å²) in [6, 6.07) is 14.3. The van der Waals surface area contributed by atoms with E-state index in [0.29, 0.717) is 0 Å². The Balaban J connectivity index is 1.76. The van der Waals surface area contributed by atoms with Gasteiger partial charge in [0.05, 0.1) is 0 Å². The first-order valence-corrected chi connectivity index (χ1v) is 22.1. The van der Waals surface area contributed by atoms with Crippen LogP contribution in [-0.4, -0.2) is 0 Å². The van der Waals surface area contributed by atoms with Crippen molar-refractivity contribution < 1.29 is 0 Å². The standard InChI is InChI=1S/C42H56N2S4/c1-5-9-13-17-21-31-25-35(29-43)45-39(31)41-33(23-19-15-11-7-3)27-37(47-41)38-28-34(24-20-16-12-8-4)42(48-38)40-32(22-18-14-10-6-2)26-36(30-44)46-40/h25-28H,5-24H2,1-4H3. The van der Waals surface area contributed by atoms with Crippen LogP contribution in [0.1, 0.15) is 162 Å². The molecule has 0 amide bonds. The highest BCUT2D eigenvalue weighted by Crippen LogP contribution is 2.49. The molecule has 0 saturated carbocycles. The predicted octanol–water partition coefficient (Wildman–Crippen LogP) is 15.2. The van der Waals surface area contributed by atoms with Crippen LogP contribution in [0.3, 0.4) is 0 Å². The van der Waals surface area contributed by atoms with Gasteiger partial charge in [0.1, 0.15) is 21.9 Å². The van der Waals surface area contributed by atoms with Crippen molar-refractivity contribution in [1.82, 2.24) is 0 Å². The van der Waals surface area contributed by atoms with Crippen molar-refractivity contribution >= 4 is 45.3 Å². The van der Waals surface area contributed by atoms with Crippen LogP contribution in [0.15, 0.2) is 24.3 Å². The average Bonchev–Trinajstić information content (AvgIpc) is 3.90. The summed E-state index contributed by atoms with van der Waals surface area (Å²) in [5.74, 6) is 0. The van der Waals surface area contributed by atoms with Crippen molar-refractivity contribution in [2.45, 2.75) is 156 Å². The second-order valence-corrected chi connectivity index (χ2v) is 17.5. The molecule has 0 saturated heterocycles. The van der Waals surface area contributed by atoms with E-state index in [1.807, 2.05) is 22.7 Å². The fourth-order valence-corrected chi connectivity index (χ4v) is 11.5. The summed E-state index contributed by atoms with van der Waals surface area (Å²) >= 11 is 7.32. The Hall–Kier alpha value is -2.22. The summed E-state index contributed by atoms with van der Waals surface area (Å²) in [7, 11) is 0. The second-order valence-electron chi connectivity index (χ2n) is 13.3. The van der Waals surface area contributed by atoms with Crippen LogP contribution in [0.4, 0.5) is 0 Å². The molecule has 0 fully saturated rings. The van der Waals surface area contributed by atoms with Crippen molar-refractivity contribution in [3.63, 3.8) is 0 Å². The monoisotopic (exact) mass is 716 g/mol. The highest BCUT2D eigenvalue weighted by molar-refractivity contribution is 7.29. The van der Waals surface area contributed by atoms with Gasteiger partial charge in [-0.25, -0.2) is 0 Å². The molecular formula is C42H56N2S4. The van der Waals surface area contributed by atoms with Crippen LogP contribution in [0.5, 0.6) is 0 Å². The van der Waals surface area contributed by atoms with Crippen LogP contribution in [0.25, 0.3) is 29.3 Å². The summed E-state index contributed by atoms with van der Waals surface area (Å²) in [5.41, 5.74) is 5.67. The van der Waals surface area contributed by atoms with E-state index in [1.165, 1.54) is 154 Å². The first kappa shape index (κ1) is 38.6. The average molecular weight is 717 g/mol. The van der Waals surface area contributed by atoms with Gasteiger partial charge in [-0.1, -0.05) is 105 Å². The van der Waals surface area contributed by atoms with E-state index in [2.05, 4.69) is 64.1 Å². The zero-order chi connectivity index (χ0) is 34.1. The number of thiophene rings is 4. The molecule has 0 unspecified atom stereocenters. The number of hydrogen-bond acceptors (Lipinski definition) is 6. The Morgan fingerprint density at radius 1 is 0.396 bits per heavy atom. The third kappa shape index (κ3) is 10.9. The van der Waals surface area contributed by atoms with E-state index in [0.717, 1.165) is 35.4 Å². The molecule has 4 aromatic rings. The normalized spacial score (nSPS) is 11.3. The van der Waals surface area contributed by atoms with E-state index < -0.39 is 0 Å². The minimum atomic E-state index is 0.840. The van der Waals surface area contributed by atoms with E-state index in [9.17, 15) is 10.5 Å². The van der Waals surface area contributed by atoms with Crippen molar-refractivity contribution in [2.75, 3.05) is 0 Å². The van der Waals surface area contributed by atoms with Gasteiger partial charge >= 0.3 is 0 Å². The summed E-state index contributed by atoms with van der Waals surface area (Å²) < 4.78 is 0. The molecule has 0 aromatic carbocycles. The van der Waals surface area contributed by atoms with Gasteiger partial charge in [-0.05, 0) is 97.9 Å². The van der Waals surface area contributed by atoms with Crippen molar-refractivity contribution in [2.24, 2.45) is 0 Å². The topological polar surface area (TPSA) is 47.6 Å². The molecule has 0 aliphatic heterocycles. The summed E-state index contributed by atoms with van der Waals surface area (Å²) in [4.78, 5) is 9.90. The fraction of sp³-hybridized carbons (Fsp3) is 0.571. The number of nitrogens with zero attached hydrogens (tertiary/aromatic N) is 2. The van der Waals surface area contributed by atoms with Crippen LogP contribution in [-0.2, 0) is 25.7 Å². The maximum absolute atomic E-state index is 9.90. The Labute approximate surface area is 307 Å². The predicted molar refractivity (Wildman–Crippen MR) is 215 cm³/mol. The molecule has 4 rings (SSSR count). The van der Waals surface area contributed by atoms with Crippen LogP contribution >= 0.6 is 45.3 Å². The minimum absolute atomic E-state index is 0.840. The Morgan fingerprint density at radius 2 is 0.688 bits per heavy atom. The number of nitriles is 2. The van der Waals surface area contributed by atoms with Gasteiger partial charge in [0.15, 0.2) is 0 Å². The molecule has 4 heterocycles. The van der Waals surface area contributed by atoms with Crippen LogP contribution in [0, 0.1) is 22.7 Å². The van der Waals surface area contributed by atoms with E-state index in [4.69, 9.17) is 0 Å². The number of hydrogen-bond donors (Lipinski definition) is 0. The minimum Gasteiger partial charge on any atom is -0.192 e. The number of aryl methyl sites for hydroxylation is 4. The Bertz CT molecular complexity index is 1490. The molecule has 258 valence electrons. The maximum Gasteiger partial charge on any atom is 0.110 e. The van der Waals surface area contributed by atoms with E-state index in [1.54, 1.807) is 22.7 Å². The first-order chi connectivity index (χ1) is 23.6. The largest absolute Gasteiger partial charge is 0.192 e. The molecule has 0 spiro atoms. The molecule has 6 heteroatoms. The Kier molecular flexibility index (Phi) is 17.0. The van der Waals surface area contributed by atoms with Gasteiger partial charge in [-0.15, -0.1) is 45.3 Å². The summed E-state index contributed by atoms with van der Waals surface area (Å²) in [6.07, 6.45) is 24.3. The fourth-order valence-electron chi connectivity index (χ4n) is 6.55. The van der Waals surface area contributed by atoms with E-state index >= 15 is 0 Å². The SMILES string of the molecule is CCCCCCc1cc(C#N)sc1-c1sc(-c2cc(CCCCCC)c(-c3sc(C#N)cc3CCCCCC)s2)cc1CCCCCC. The quantitative estimate of drug-likeness (QED) is 0.0718. The third-order valence-electron chi connectivity index (χ3n) is 9.31. The number of rotatable bonds is 23. The summed E-state index contributed by atoms with van der Waals surface area (Å²) in [6.45, 7) is 9.10. The lowest BCUT2D eigenvalue weighted by Gasteiger charge is -2.06. The van der Waals surface area contributed by atoms with Crippen molar-refractivity contribution in [3.05, 3.63) is 56.3 Å². The molecule has 48 heavy (non-hydrogen) atoms. The van der Waals surface area contributed by atoms with Crippen LogP contribution < -0.4 is 0 Å². The van der Waals surface area contributed by atoms with Crippen molar-refractivity contribution in [1.29, 1.82) is 10.5 Å². The summed E-state index contributed by atoms with van der Waals surface area (Å²) in [5, 5.41) is 19.8. The molecule has 0 atom stereocenters. The first-order valence-electron chi connectivity index (χ1n) is 18.9. The Morgan fingerprint density at radius 3 is 0.979 bits per heavy atom. The lowest BCUT2D eigenvalue weighted by Crippen LogP contribution is -1.89. The lowest BCUT2D eigenvalue weighted by molar-refractivity contribution is 0.666. The molecule has 0 aliphatic rings. The van der Waals surface area contributed by atoms with Gasteiger partial charge in [-0.3, -0.25) is 0 Å². The van der Waals surface area contributed by atoms with Gasteiger partial charge in [0.25, 0.3) is 0 Å². The lowest BCUT2D eigenvalue weighted by atomic mass is 10.0. The third-order valence-corrected chi connectivity index (χ3v) is 14.4. The molecule has 0 N–H and O–H groups in total.